The Hall–Kier alpha value is -1.05. The van der Waals surface area contributed by atoms with Crippen LogP contribution in [0.2, 0.25) is 0 Å². The van der Waals surface area contributed by atoms with Crippen LogP contribution in [-0.4, -0.2) is 27.3 Å². The Labute approximate surface area is 92.9 Å². The summed E-state index contributed by atoms with van der Waals surface area (Å²) in [7, 11) is 0. The van der Waals surface area contributed by atoms with Crippen molar-refractivity contribution in [2.24, 2.45) is 4.99 Å². The molecule has 0 fully saturated rings. The molecule has 0 heterocycles. The van der Waals surface area contributed by atoms with Crippen LogP contribution in [0.4, 0.5) is 5.69 Å². The number of nitrogens with zero attached hydrogens (tertiary/aromatic N) is 1. The van der Waals surface area contributed by atoms with Crippen molar-refractivity contribution in [2.45, 2.75) is 6.92 Å². The van der Waals surface area contributed by atoms with Crippen molar-refractivity contribution in [3.63, 3.8) is 0 Å². The first kappa shape index (κ1) is 11.0. The van der Waals surface area contributed by atoms with E-state index in [1.807, 2.05) is 12.1 Å². The molecule has 3 heteroatoms. The first-order chi connectivity index (χ1) is 6.72. The zero-order valence-corrected chi connectivity index (χ0v) is 9.87. The minimum atomic E-state index is 0.626. The van der Waals surface area contributed by atoms with Gasteiger partial charge in [-0.25, -0.2) is 0 Å². The maximum atomic E-state index is 4.19. The number of rotatable bonds is 3. The molecule has 2 nitrogen and oxygen atoms in total. The number of aryl methyl sites for hydroxylation is 1. The zero-order chi connectivity index (χ0) is 10.4. The van der Waals surface area contributed by atoms with Gasteiger partial charge in [0.1, 0.15) is 0 Å². The summed E-state index contributed by atoms with van der Waals surface area (Å²) < 4.78 is 0.786. The van der Waals surface area contributed by atoms with Gasteiger partial charge in [-0.2, -0.15) is 0 Å². The van der Waals surface area contributed by atoms with Crippen LogP contribution in [-0.2, 0) is 0 Å². The third-order valence-corrected chi connectivity index (χ3v) is 2.15. The molecule has 1 radical (unpaired) electrons. The molecule has 0 unspecified atom stereocenters. The number of hydrogen-bond acceptors (Lipinski definition) is 1. The van der Waals surface area contributed by atoms with E-state index in [-0.39, 0.29) is 0 Å². The van der Waals surface area contributed by atoms with Crippen molar-refractivity contribution in [3.05, 3.63) is 42.5 Å². The summed E-state index contributed by atoms with van der Waals surface area (Å²) in [5.41, 5.74) is 2.29. The zero-order valence-electron chi connectivity index (χ0n) is 8.16. The Bertz CT molecular complexity index is 328. The average molecular weight is 252 g/mol. The van der Waals surface area contributed by atoms with Gasteiger partial charge in [0.2, 0.25) is 0 Å². The molecule has 0 aromatic heterocycles. The molecule has 0 bridgehead atoms. The Balaban J connectivity index is 2.60. The molecule has 1 N–H and O–H groups in total. The molecule has 14 heavy (non-hydrogen) atoms. The molecule has 0 amide bonds. The fraction of sp³-hybridized carbons (Fsp3) is 0.182. The van der Waals surface area contributed by atoms with Gasteiger partial charge in [0, 0.05) is 0 Å². The number of hydrogen-bond donors (Lipinski definition) is 1. The van der Waals surface area contributed by atoms with Crippen LogP contribution in [0.1, 0.15) is 5.56 Å². The molecule has 0 saturated heterocycles. The quantitative estimate of drug-likeness (QED) is 0.379. The van der Waals surface area contributed by atoms with E-state index in [2.05, 4.69) is 52.0 Å². The van der Waals surface area contributed by atoms with Crippen LogP contribution in [0.5, 0.6) is 0 Å². The molecular formula is C11H13N2Se. The maximum absolute atomic E-state index is 4.19. The fourth-order valence-corrected chi connectivity index (χ4v) is 1.35. The third-order valence-electron chi connectivity index (χ3n) is 1.67. The summed E-state index contributed by atoms with van der Waals surface area (Å²) in [4.78, 5) is 4.19. The summed E-state index contributed by atoms with van der Waals surface area (Å²) >= 11 is 2.87. The second-order valence-corrected chi connectivity index (χ2v) is 3.74. The second-order valence-electron chi connectivity index (χ2n) is 2.93. The molecule has 0 saturated carbocycles. The van der Waals surface area contributed by atoms with Crippen LogP contribution >= 0.6 is 0 Å². The number of amidine groups is 1. The predicted molar refractivity (Wildman–Crippen MR) is 63.1 cm³/mol. The predicted octanol–water partition coefficient (Wildman–Crippen LogP) is 2.12. The molecule has 73 valence electrons. The van der Waals surface area contributed by atoms with Gasteiger partial charge in [0.05, 0.1) is 0 Å². The van der Waals surface area contributed by atoms with Crippen molar-refractivity contribution in [1.82, 2.24) is 0 Å². The fourth-order valence-electron chi connectivity index (χ4n) is 0.947. The third kappa shape index (κ3) is 3.77. The normalized spacial score (nSPS) is 11.1. The molecule has 0 aliphatic carbocycles. The summed E-state index contributed by atoms with van der Waals surface area (Å²) in [6.07, 6.45) is 1.76. The first-order valence-electron chi connectivity index (χ1n) is 4.38. The topological polar surface area (TPSA) is 24.4 Å². The molecule has 1 aromatic rings. The second kappa shape index (κ2) is 5.63. The Morgan fingerprint density at radius 3 is 2.71 bits per heavy atom. The van der Waals surface area contributed by atoms with E-state index in [9.17, 15) is 0 Å². The number of nitrogens with one attached hydrogen (secondary N) is 1. The van der Waals surface area contributed by atoms with Crippen molar-refractivity contribution in [3.8, 4) is 0 Å². The van der Waals surface area contributed by atoms with Gasteiger partial charge in [0.25, 0.3) is 0 Å². The van der Waals surface area contributed by atoms with Gasteiger partial charge >= 0.3 is 92.7 Å². The van der Waals surface area contributed by atoms with Crippen molar-refractivity contribution in [1.29, 1.82) is 0 Å². The number of aliphatic imine (C=N–C) groups is 1. The van der Waals surface area contributed by atoms with Crippen LogP contribution in [0.15, 0.2) is 41.9 Å². The van der Waals surface area contributed by atoms with Gasteiger partial charge in [-0.1, -0.05) is 0 Å². The SMILES string of the molecule is C=CCN=C([Se])Nc1ccc(C)cc1. The van der Waals surface area contributed by atoms with E-state index in [1.54, 1.807) is 6.08 Å². The van der Waals surface area contributed by atoms with Gasteiger partial charge in [-0.15, -0.1) is 0 Å². The van der Waals surface area contributed by atoms with Crippen LogP contribution in [0.3, 0.4) is 0 Å². The summed E-state index contributed by atoms with van der Waals surface area (Å²) in [6.45, 7) is 6.29. The minimum absolute atomic E-state index is 0.626. The molecule has 0 aliphatic heterocycles. The number of anilines is 1. The van der Waals surface area contributed by atoms with Crippen molar-refractivity contribution >= 4 is 26.4 Å². The van der Waals surface area contributed by atoms with Gasteiger partial charge in [0.15, 0.2) is 0 Å². The number of benzene rings is 1. The van der Waals surface area contributed by atoms with Crippen LogP contribution in [0, 0.1) is 6.92 Å². The van der Waals surface area contributed by atoms with E-state index >= 15 is 0 Å². The molecule has 0 spiro atoms. The Kier molecular flexibility index (Phi) is 4.44. The van der Waals surface area contributed by atoms with Gasteiger partial charge in [-0.3, -0.25) is 0 Å². The van der Waals surface area contributed by atoms with E-state index in [0.29, 0.717) is 6.54 Å². The van der Waals surface area contributed by atoms with Crippen LogP contribution < -0.4 is 5.32 Å². The van der Waals surface area contributed by atoms with E-state index < -0.39 is 0 Å². The molecular weight excluding hydrogens is 239 g/mol. The molecule has 0 atom stereocenters. The van der Waals surface area contributed by atoms with Crippen molar-refractivity contribution in [2.75, 3.05) is 11.9 Å². The summed E-state index contributed by atoms with van der Waals surface area (Å²) in [5, 5.41) is 3.15. The van der Waals surface area contributed by atoms with Crippen LogP contribution in [0.25, 0.3) is 0 Å². The Morgan fingerprint density at radius 1 is 1.50 bits per heavy atom. The first-order valence-corrected chi connectivity index (χ1v) is 5.24. The standard InChI is InChI=1S/C11H13N2Se/c1-3-8-12-11(14)13-10-6-4-9(2)5-7-10/h3-7H,1,8H2,2H3,(H,12,13). The Morgan fingerprint density at radius 2 is 2.14 bits per heavy atom. The van der Waals surface area contributed by atoms with E-state index in [4.69, 9.17) is 0 Å². The van der Waals surface area contributed by atoms with E-state index in [0.717, 1.165) is 10.4 Å². The molecule has 0 aliphatic rings. The van der Waals surface area contributed by atoms with Gasteiger partial charge < -0.3 is 0 Å². The molecule has 1 rings (SSSR count). The average Bonchev–Trinajstić information content (AvgIpc) is 2.18. The summed E-state index contributed by atoms with van der Waals surface area (Å²) in [6, 6.07) is 8.17. The summed E-state index contributed by atoms with van der Waals surface area (Å²) in [5.74, 6) is 0. The monoisotopic (exact) mass is 253 g/mol. The van der Waals surface area contributed by atoms with E-state index in [1.165, 1.54) is 5.56 Å². The molecule has 1 aromatic carbocycles. The van der Waals surface area contributed by atoms with Gasteiger partial charge in [-0.05, 0) is 0 Å². The van der Waals surface area contributed by atoms with Crippen molar-refractivity contribution < 1.29 is 0 Å².